The third-order valence-corrected chi connectivity index (χ3v) is 6.32. The zero-order valence-electron chi connectivity index (χ0n) is 13.0. The van der Waals surface area contributed by atoms with Gasteiger partial charge in [0.1, 0.15) is 5.69 Å². The molecule has 1 aromatic heterocycles. The van der Waals surface area contributed by atoms with E-state index < -0.39 is 15.6 Å². The lowest BCUT2D eigenvalue weighted by Crippen LogP contribution is -2.47. The van der Waals surface area contributed by atoms with Crippen molar-refractivity contribution >= 4 is 27.3 Å². The van der Waals surface area contributed by atoms with Crippen molar-refractivity contribution in [1.82, 2.24) is 14.6 Å². The highest BCUT2D eigenvalue weighted by atomic mass is 32.2. The molecule has 0 unspecified atom stereocenters. The minimum Gasteiger partial charge on any atom is -0.369 e. The monoisotopic (exact) mass is 359 g/mol. The van der Waals surface area contributed by atoms with Crippen LogP contribution in [0.4, 0.5) is 0 Å². The standard InChI is InChI=1S/C14H21N3O4S2/c1-23(19,20)17-6-5-14(9-17)4-2-3-11(21-14)7-15-13(18)12-8-22-10-16-12/h8,10-11H,2-7,9H2,1H3,(H,15,18)/t11-,14+/m0/s1. The molecule has 0 saturated carbocycles. The zero-order chi connectivity index (χ0) is 16.5. The highest BCUT2D eigenvalue weighted by molar-refractivity contribution is 7.88. The Kier molecular flexibility index (Phi) is 4.73. The molecule has 2 aliphatic rings. The Morgan fingerprint density at radius 1 is 1.57 bits per heavy atom. The van der Waals surface area contributed by atoms with Crippen LogP contribution in [0.3, 0.4) is 0 Å². The molecule has 0 radical (unpaired) electrons. The molecule has 2 aliphatic heterocycles. The van der Waals surface area contributed by atoms with Gasteiger partial charge in [0.25, 0.3) is 5.91 Å². The lowest BCUT2D eigenvalue weighted by atomic mass is 9.90. The fourth-order valence-corrected chi connectivity index (χ4v) is 4.70. The number of hydrogen-bond acceptors (Lipinski definition) is 6. The van der Waals surface area contributed by atoms with E-state index in [1.807, 2.05) is 0 Å². The number of aromatic nitrogens is 1. The number of amides is 1. The van der Waals surface area contributed by atoms with E-state index in [0.717, 1.165) is 25.7 Å². The number of sulfonamides is 1. The summed E-state index contributed by atoms with van der Waals surface area (Å²) in [4.78, 5) is 15.9. The maximum absolute atomic E-state index is 11.9. The second-order valence-electron chi connectivity index (χ2n) is 6.25. The summed E-state index contributed by atoms with van der Waals surface area (Å²) in [6.07, 6.45) is 4.60. The molecule has 1 amide bonds. The van der Waals surface area contributed by atoms with Gasteiger partial charge in [0, 0.05) is 25.0 Å². The van der Waals surface area contributed by atoms with Gasteiger partial charge in [-0.2, -0.15) is 4.31 Å². The highest BCUT2D eigenvalue weighted by Gasteiger charge is 2.45. The average Bonchev–Trinajstić information content (AvgIpc) is 3.15. The van der Waals surface area contributed by atoms with Crippen LogP contribution in [-0.2, 0) is 14.8 Å². The predicted molar refractivity (Wildman–Crippen MR) is 86.9 cm³/mol. The van der Waals surface area contributed by atoms with E-state index in [0.29, 0.717) is 25.3 Å². The molecule has 9 heteroatoms. The van der Waals surface area contributed by atoms with E-state index in [-0.39, 0.29) is 12.0 Å². The van der Waals surface area contributed by atoms with E-state index in [4.69, 9.17) is 4.74 Å². The summed E-state index contributed by atoms with van der Waals surface area (Å²) in [5.41, 5.74) is 1.65. The predicted octanol–water partition coefficient (Wildman–Crippen LogP) is 0.846. The Balaban J connectivity index is 1.56. The maximum atomic E-state index is 11.9. The van der Waals surface area contributed by atoms with Crippen LogP contribution < -0.4 is 5.32 Å². The van der Waals surface area contributed by atoms with Crippen molar-refractivity contribution in [2.75, 3.05) is 25.9 Å². The van der Waals surface area contributed by atoms with Crippen LogP contribution in [0.1, 0.15) is 36.2 Å². The molecule has 1 spiro atoms. The van der Waals surface area contributed by atoms with Gasteiger partial charge < -0.3 is 10.1 Å². The molecule has 2 fully saturated rings. The Morgan fingerprint density at radius 2 is 2.39 bits per heavy atom. The van der Waals surface area contributed by atoms with Gasteiger partial charge in [0.05, 0.1) is 23.5 Å². The first kappa shape index (κ1) is 16.8. The molecule has 2 saturated heterocycles. The first-order valence-electron chi connectivity index (χ1n) is 7.67. The molecule has 3 rings (SSSR count). The summed E-state index contributed by atoms with van der Waals surface area (Å²) >= 11 is 1.38. The molecule has 1 aromatic rings. The zero-order valence-corrected chi connectivity index (χ0v) is 14.7. The van der Waals surface area contributed by atoms with Crippen LogP contribution in [0, 0.1) is 0 Å². The number of rotatable bonds is 4. The van der Waals surface area contributed by atoms with E-state index in [1.165, 1.54) is 21.9 Å². The molecule has 0 aromatic carbocycles. The summed E-state index contributed by atoms with van der Waals surface area (Å²) in [6, 6.07) is 0. The third kappa shape index (κ3) is 3.90. The van der Waals surface area contributed by atoms with Crippen LogP contribution in [-0.4, -0.2) is 61.2 Å². The van der Waals surface area contributed by atoms with Gasteiger partial charge >= 0.3 is 0 Å². The number of hydrogen-bond donors (Lipinski definition) is 1. The van der Waals surface area contributed by atoms with Crippen LogP contribution in [0.2, 0.25) is 0 Å². The van der Waals surface area contributed by atoms with Crippen molar-refractivity contribution < 1.29 is 17.9 Å². The Labute approximate surface area is 140 Å². The van der Waals surface area contributed by atoms with Gasteiger partial charge in [0.15, 0.2) is 0 Å². The van der Waals surface area contributed by atoms with Crippen molar-refractivity contribution in [3.63, 3.8) is 0 Å². The first-order chi connectivity index (χ1) is 10.9. The van der Waals surface area contributed by atoms with Gasteiger partial charge in [0.2, 0.25) is 10.0 Å². The SMILES string of the molecule is CS(=O)(=O)N1CC[C@]2(CCC[C@@H](CNC(=O)c3cscn3)O2)C1. The largest absolute Gasteiger partial charge is 0.369 e. The lowest BCUT2D eigenvalue weighted by molar-refractivity contribution is -0.116. The molecule has 7 nitrogen and oxygen atoms in total. The van der Waals surface area contributed by atoms with E-state index in [9.17, 15) is 13.2 Å². The fraction of sp³-hybridized carbons (Fsp3) is 0.714. The summed E-state index contributed by atoms with van der Waals surface area (Å²) < 4.78 is 31.1. The van der Waals surface area contributed by atoms with Crippen molar-refractivity contribution in [1.29, 1.82) is 0 Å². The summed E-state index contributed by atoms with van der Waals surface area (Å²) in [5.74, 6) is -0.196. The number of thiazole rings is 1. The van der Waals surface area contributed by atoms with Crippen molar-refractivity contribution in [2.24, 2.45) is 0 Å². The molecule has 3 heterocycles. The number of carbonyl (C=O) groups excluding carboxylic acids is 1. The van der Waals surface area contributed by atoms with E-state index in [1.54, 1.807) is 10.9 Å². The summed E-state index contributed by atoms with van der Waals surface area (Å²) in [6.45, 7) is 1.36. The molecule has 23 heavy (non-hydrogen) atoms. The minimum atomic E-state index is -3.17. The Hall–Kier alpha value is -1.03. The number of nitrogens with one attached hydrogen (secondary N) is 1. The minimum absolute atomic E-state index is 0.0779. The molecular formula is C14H21N3O4S2. The van der Waals surface area contributed by atoms with E-state index >= 15 is 0 Å². The normalized spacial score (nSPS) is 29.0. The van der Waals surface area contributed by atoms with Crippen LogP contribution in [0.25, 0.3) is 0 Å². The number of carbonyl (C=O) groups is 1. The molecule has 0 aliphatic carbocycles. The van der Waals surface area contributed by atoms with Crippen molar-refractivity contribution in [3.05, 3.63) is 16.6 Å². The smallest absolute Gasteiger partial charge is 0.270 e. The molecule has 0 bridgehead atoms. The summed E-state index contributed by atoms with van der Waals surface area (Å²) in [5, 5.41) is 4.56. The van der Waals surface area contributed by atoms with Gasteiger partial charge in [-0.15, -0.1) is 11.3 Å². The first-order valence-corrected chi connectivity index (χ1v) is 10.5. The Morgan fingerprint density at radius 3 is 3.04 bits per heavy atom. The average molecular weight is 359 g/mol. The number of ether oxygens (including phenoxy) is 1. The van der Waals surface area contributed by atoms with Gasteiger partial charge in [-0.25, -0.2) is 13.4 Å². The number of nitrogens with zero attached hydrogens (tertiary/aromatic N) is 2. The maximum Gasteiger partial charge on any atom is 0.270 e. The highest BCUT2D eigenvalue weighted by Crippen LogP contribution is 2.37. The molecular weight excluding hydrogens is 338 g/mol. The second-order valence-corrected chi connectivity index (χ2v) is 8.95. The van der Waals surface area contributed by atoms with Crippen molar-refractivity contribution in [3.8, 4) is 0 Å². The third-order valence-electron chi connectivity index (χ3n) is 4.48. The van der Waals surface area contributed by atoms with Crippen LogP contribution in [0.15, 0.2) is 10.9 Å². The quantitative estimate of drug-likeness (QED) is 0.861. The van der Waals surface area contributed by atoms with Crippen LogP contribution >= 0.6 is 11.3 Å². The molecule has 1 N–H and O–H groups in total. The van der Waals surface area contributed by atoms with Gasteiger partial charge in [-0.05, 0) is 25.7 Å². The Bertz CT molecular complexity index is 662. The topological polar surface area (TPSA) is 88.6 Å². The molecule has 2 atom stereocenters. The summed E-state index contributed by atoms with van der Waals surface area (Å²) in [7, 11) is -3.17. The van der Waals surface area contributed by atoms with Crippen LogP contribution in [0.5, 0.6) is 0 Å². The fourth-order valence-electron chi connectivity index (χ4n) is 3.28. The lowest BCUT2D eigenvalue weighted by Gasteiger charge is -2.38. The second kappa shape index (κ2) is 6.46. The van der Waals surface area contributed by atoms with E-state index in [2.05, 4.69) is 10.3 Å². The van der Waals surface area contributed by atoms with Gasteiger partial charge in [-0.1, -0.05) is 0 Å². The molecule has 128 valence electrons. The van der Waals surface area contributed by atoms with Gasteiger partial charge in [-0.3, -0.25) is 4.79 Å². The van der Waals surface area contributed by atoms with Crippen molar-refractivity contribution in [2.45, 2.75) is 37.4 Å².